The second-order valence-electron chi connectivity index (χ2n) is 9.27. The molecule has 0 radical (unpaired) electrons. The van der Waals surface area contributed by atoms with E-state index in [1.54, 1.807) is 34.6 Å². The number of thiazole rings is 1. The fourth-order valence-electron chi connectivity index (χ4n) is 4.87. The molecule has 1 N–H and O–H groups in total. The number of halogens is 2. The molecule has 9 heteroatoms. The van der Waals surface area contributed by atoms with E-state index in [2.05, 4.69) is 15.3 Å². The fraction of sp³-hybridized carbons (Fsp3) is 0.207. The predicted molar refractivity (Wildman–Crippen MR) is 148 cm³/mol. The minimum absolute atomic E-state index is 0.207. The molecule has 6 rings (SSSR count). The molecule has 192 valence electrons. The van der Waals surface area contributed by atoms with Gasteiger partial charge in [0.05, 0.1) is 21.2 Å². The monoisotopic (exact) mass is 529 g/mol. The molecule has 1 amide bonds. The number of amides is 1. The zero-order chi connectivity index (χ0) is 26.1. The molecule has 0 atom stereocenters. The van der Waals surface area contributed by atoms with Gasteiger partial charge in [0.2, 0.25) is 0 Å². The van der Waals surface area contributed by atoms with Crippen molar-refractivity contribution in [2.45, 2.75) is 0 Å². The van der Waals surface area contributed by atoms with Gasteiger partial charge in [-0.05, 0) is 54.1 Å². The van der Waals surface area contributed by atoms with Gasteiger partial charge >= 0.3 is 0 Å². The maximum atomic E-state index is 15.3. The predicted octanol–water partition coefficient (Wildman–Crippen LogP) is 6.12. The van der Waals surface area contributed by atoms with Crippen LogP contribution in [-0.4, -0.2) is 65.1 Å². The van der Waals surface area contributed by atoms with Gasteiger partial charge in [0.15, 0.2) is 0 Å². The topological polar surface area (TPSA) is 61.4 Å². The highest BCUT2D eigenvalue weighted by Gasteiger charge is 2.23. The highest BCUT2D eigenvalue weighted by Crippen LogP contribution is 2.32. The molecule has 1 saturated heterocycles. The Bertz CT molecular complexity index is 1630. The van der Waals surface area contributed by atoms with E-state index in [1.165, 1.54) is 6.07 Å². The van der Waals surface area contributed by atoms with Crippen LogP contribution in [0.3, 0.4) is 0 Å². The largest absolute Gasteiger partial charge is 0.355 e. The number of piperazine rings is 1. The van der Waals surface area contributed by atoms with Gasteiger partial charge in [0.1, 0.15) is 12.5 Å². The Labute approximate surface area is 222 Å². The smallest absolute Gasteiger partial charge is 0.254 e. The van der Waals surface area contributed by atoms with Crippen LogP contribution in [0.2, 0.25) is 0 Å². The van der Waals surface area contributed by atoms with Crippen molar-refractivity contribution in [2.75, 3.05) is 44.7 Å². The highest BCUT2D eigenvalue weighted by atomic mass is 32.1. The van der Waals surface area contributed by atoms with Crippen molar-refractivity contribution >= 4 is 49.7 Å². The summed E-state index contributed by atoms with van der Waals surface area (Å²) in [6.45, 7) is 2.23. The Morgan fingerprint density at radius 3 is 2.63 bits per heavy atom. The van der Waals surface area contributed by atoms with Crippen LogP contribution in [0.25, 0.3) is 32.2 Å². The van der Waals surface area contributed by atoms with E-state index in [9.17, 15) is 9.18 Å². The zero-order valence-electron chi connectivity index (χ0n) is 20.5. The number of pyridine rings is 1. The van der Waals surface area contributed by atoms with Gasteiger partial charge in [0, 0.05) is 66.8 Å². The van der Waals surface area contributed by atoms with E-state index < -0.39 is 12.5 Å². The number of alkyl halides is 1. The summed E-state index contributed by atoms with van der Waals surface area (Å²) in [5.74, 6) is -0.666. The standard InChI is InChI=1S/C29H25F2N5OS/c30-8-10-35-11-13-36(14-12-35)29(37)20-1-4-22(24(31)16-20)19-2-5-25-23(15-19)26(7-9-32-25)34-21-3-6-28-27(17-21)33-18-38-28/h1-7,9,15-18H,8,10-14H2,(H,32,34). The van der Waals surface area contributed by atoms with Gasteiger partial charge in [-0.1, -0.05) is 12.1 Å². The number of anilines is 2. The van der Waals surface area contributed by atoms with E-state index in [4.69, 9.17) is 0 Å². The van der Waals surface area contributed by atoms with Crippen LogP contribution in [0.15, 0.2) is 72.4 Å². The average molecular weight is 530 g/mol. The summed E-state index contributed by atoms with van der Waals surface area (Å²) >= 11 is 1.60. The van der Waals surface area contributed by atoms with Crippen LogP contribution in [0.4, 0.5) is 20.2 Å². The summed E-state index contributed by atoms with van der Waals surface area (Å²) in [5.41, 5.74) is 6.71. The molecule has 0 spiro atoms. The Morgan fingerprint density at radius 1 is 0.947 bits per heavy atom. The summed E-state index contributed by atoms with van der Waals surface area (Å²) in [7, 11) is 0. The van der Waals surface area contributed by atoms with Crippen LogP contribution in [0.5, 0.6) is 0 Å². The van der Waals surface area contributed by atoms with Crippen molar-refractivity contribution in [2.24, 2.45) is 0 Å². The molecule has 1 aliphatic heterocycles. The SMILES string of the molecule is O=C(c1ccc(-c2ccc3nccc(Nc4ccc5scnc5c4)c3c2)c(F)c1)N1CCN(CCF)CC1. The van der Waals surface area contributed by atoms with Gasteiger partial charge in [-0.2, -0.15) is 0 Å². The fourth-order valence-corrected chi connectivity index (χ4v) is 5.53. The summed E-state index contributed by atoms with van der Waals surface area (Å²) in [5, 5.41) is 4.31. The normalized spacial score (nSPS) is 14.3. The lowest BCUT2D eigenvalue weighted by Crippen LogP contribution is -2.49. The second kappa shape index (κ2) is 10.4. The second-order valence-corrected chi connectivity index (χ2v) is 10.2. The summed E-state index contributed by atoms with van der Waals surface area (Å²) in [4.78, 5) is 25.5. The van der Waals surface area contributed by atoms with Crippen LogP contribution in [-0.2, 0) is 0 Å². The maximum absolute atomic E-state index is 15.3. The average Bonchev–Trinajstić information content (AvgIpc) is 3.41. The zero-order valence-corrected chi connectivity index (χ0v) is 21.3. The van der Waals surface area contributed by atoms with E-state index in [-0.39, 0.29) is 5.91 Å². The molecule has 0 unspecified atom stereocenters. The molecule has 1 aliphatic rings. The van der Waals surface area contributed by atoms with Gasteiger partial charge < -0.3 is 10.2 Å². The van der Waals surface area contributed by atoms with Crippen molar-refractivity contribution in [1.29, 1.82) is 0 Å². The molecule has 38 heavy (non-hydrogen) atoms. The van der Waals surface area contributed by atoms with Gasteiger partial charge in [-0.15, -0.1) is 11.3 Å². The molecule has 0 aliphatic carbocycles. The van der Waals surface area contributed by atoms with Crippen LogP contribution in [0.1, 0.15) is 10.4 Å². The van der Waals surface area contributed by atoms with Crippen molar-refractivity contribution in [1.82, 2.24) is 19.8 Å². The molecular formula is C29H25F2N5OS. The molecule has 1 fully saturated rings. The number of carbonyl (C=O) groups is 1. The molecule has 0 bridgehead atoms. The first kappa shape index (κ1) is 24.4. The number of nitrogens with one attached hydrogen (secondary N) is 1. The van der Waals surface area contributed by atoms with Crippen molar-refractivity contribution in [3.63, 3.8) is 0 Å². The summed E-state index contributed by atoms with van der Waals surface area (Å²) < 4.78 is 29.0. The molecule has 5 aromatic rings. The molecule has 3 aromatic carbocycles. The number of aromatic nitrogens is 2. The molecule has 2 aromatic heterocycles. The Hall–Kier alpha value is -3.95. The number of carbonyl (C=O) groups excluding carboxylic acids is 1. The van der Waals surface area contributed by atoms with Gasteiger partial charge in [-0.25, -0.2) is 13.8 Å². The lowest BCUT2D eigenvalue weighted by Gasteiger charge is -2.34. The lowest BCUT2D eigenvalue weighted by atomic mass is 10.00. The number of hydrogen-bond donors (Lipinski definition) is 1. The molecule has 0 saturated carbocycles. The quantitative estimate of drug-likeness (QED) is 0.287. The maximum Gasteiger partial charge on any atom is 0.254 e. The van der Waals surface area contributed by atoms with E-state index in [1.807, 2.05) is 52.9 Å². The van der Waals surface area contributed by atoms with E-state index in [0.717, 1.165) is 32.5 Å². The third kappa shape index (κ3) is 4.82. The van der Waals surface area contributed by atoms with Gasteiger partial charge in [-0.3, -0.25) is 14.7 Å². The van der Waals surface area contributed by atoms with Crippen LogP contribution < -0.4 is 5.32 Å². The van der Waals surface area contributed by atoms with E-state index >= 15 is 4.39 Å². The van der Waals surface area contributed by atoms with E-state index in [0.29, 0.717) is 49.4 Å². The first-order valence-electron chi connectivity index (χ1n) is 12.5. The number of nitrogens with zero attached hydrogens (tertiary/aromatic N) is 4. The Morgan fingerprint density at radius 2 is 1.82 bits per heavy atom. The first-order valence-corrected chi connectivity index (χ1v) is 13.3. The summed E-state index contributed by atoms with van der Waals surface area (Å²) in [6, 6.07) is 18.2. The third-order valence-electron chi connectivity index (χ3n) is 6.94. The highest BCUT2D eigenvalue weighted by molar-refractivity contribution is 7.16. The molecular weight excluding hydrogens is 504 g/mol. The number of benzene rings is 3. The van der Waals surface area contributed by atoms with Crippen LogP contribution in [0, 0.1) is 5.82 Å². The van der Waals surface area contributed by atoms with Crippen molar-refractivity contribution in [3.05, 3.63) is 83.8 Å². The Kier molecular flexibility index (Phi) is 6.70. The molecule has 3 heterocycles. The number of hydrogen-bond acceptors (Lipinski definition) is 6. The first-order chi connectivity index (χ1) is 18.6. The van der Waals surface area contributed by atoms with Crippen molar-refractivity contribution in [3.8, 4) is 11.1 Å². The lowest BCUT2D eigenvalue weighted by molar-refractivity contribution is 0.0630. The summed E-state index contributed by atoms with van der Waals surface area (Å²) in [6.07, 6.45) is 1.74. The Balaban J connectivity index is 1.26. The minimum Gasteiger partial charge on any atom is -0.355 e. The number of fused-ring (bicyclic) bond motifs is 2. The van der Waals surface area contributed by atoms with Crippen LogP contribution >= 0.6 is 11.3 Å². The molecule has 6 nitrogen and oxygen atoms in total. The third-order valence-corrected chi connectivity index (χ3v) is 7.75. The number of rotatable bonds is 6. The minimum atomic E-state index is -0.460. The van der Waals surface area contributed by atoms with Gasteiger partial charge in [0.25, 0.3) is 5.91 Å². The van der Waals surface area contributed by atoms with Crippen molar-refractivity contribution < 1.29 is 13.6 Å².